The minimum absolute atomic E-state index is 0.137. The molecule has 0 fully saturated rings. The molecule has 0 saturated carbocycles. The van der Waals surface area contributed by atoms with Crippen molar-refractivity contribution in [2.75, 3.05) is 0 Å². The van der Waals surface area contributed by atoms with Gasteiger partial charge >= 0.3 is 0 Å². The van der Waals surface area contributed by atoms with E-state index in [4.69, 9.17) is 28.4 Å². The molecule has 0 aliphatic rings. The minimum Gasteiger partial charge on any atom is -0.314 e. The van der Waals surface area contributed by atoms with E-state index in [0.29, 0.717) is 0 Å². The van der Waals surface area contributed by atoms with Crippen LogP contribution in [0.1, 0.15) is 5.56 Å². The molecule has 0 aromatic heterocycles. The molecule has 0 aliphatic carbocycles. The van der Waals surface area contributed by atoms with E-state index in [9.17, 15) is 8.78 Å². The van der Waals surface area contributed by atoms with Crippen LogP contribution in [0.4, 0.5) is 8.78 Å². The Morgan fingerprint density at radius 1 is 1.29 bits per heavy atom. The Morgan fingerprint density at radius 2 is 1.71 bits per heavy atom. The third-order valence-electron chi connectivity index (χ3n) is 1.49. The van der Waals surface area contributed by atoms with Crippen molar-refractivity contribution in [3.8, 4) is 0 Å². The zero-order chi connectivity index (χ0) is 10.9. The second kappa shape index (κ2) is 4.28. The van der Waals surface area contributed by atoms with E-state index in [2.05, 4.69) is 15.9 Å². The van der Waals surface area contributed by atoms with Gasteiger partial charge in [0, 0.05) is 5.56 Å². The number of hydroxylamine groups is 1. The van der Waals surface area contributed by atoms with Gasteiger partial charge in [0.2, 0.25) is 4.46 Å². The first-order chi connectivity index (χ1) is 6.38. The van der Waals surface area contributed by atoms with Crippen LogP contribution in [-0.4, -0.2) is 5.21 Å². The first kappa shape index (κ1) is 12.1. The lowest BCUT2D eigenvalue weighted by Gasteiger charge is -2.17. The molecule has 1 aromatic rings. The molecule has 2 N–H and O–H groups in total. The number of hydrogen-bond donors (Lipinski definition) is 2. The summed E-state index contributed by atoms with van der Waals surface area (Å²) in [6.45, 7) is 0. The van der Waals surface area contributed by atoms with Crippen molar-refractivity contribution in [2.45, 2.75) is 4.46 Å². The van der Waals surface area contributed by atoms with E-state index in [1.54, 1.807) is 0 Å². The number of rotatable bonds is 2. The van der Waals surface area contributed by atoms with Crippen molar-refractivity contribution < 1.29 is 14.0 Å². The summed E-state index contributed by atoms with van der Waals surface area (Å²) in [5.41, 5.74) is 1.38. The van der Waals surface area contributed by atoms with Crippen molar-refractivity contribution in [1.82, 2.24) is 5.48 Å². The number of benzene rings is 1. The molecule has 0 radical (unpaired) electrons. The maximum absolute atomic E-state index is 13.0. The van der Waals surface area contributed by atoms with Crippen LogP contribution in [-0.2, 0) is 4.46 Å². The molecule has 0 amide bonds. The first-order valence-electron chi connectivity index (χ1n) is 3.32. The van der Waals surface area contributed by atoms with E-state index < -0.39 is 16.1 Å². The molecule has 14 heavy (non-hydrogen) atoms. The quantitative estimate of drug-likeness (QED) is 0.380. The normalized spacial score (nSPS) is 11.9. The summed E-state index contributed by atoms with van der Waals surface area (Å²) in [5, 5.41) is 8.53. The highest BCUT2D eigenvalue weighted by molar-refractivity contribution is 9.10. The highest BCUT2D eigenvalue weighted by Gasteiger charge is 2.27. The number of hydrogen-bond acceptors (Lipinski definition) is 2. The van der Waals surface area contributed by atoms with E-state index in [-0.39, 0.29) is 10.0 Å². The second-order valence-electron chi connectivity index (χ2n) is 2.44. The standard InChI is InChI=1S/C7H4BrCl2F2NO/c8-6-4(11)1-3(2-5(6)12)7(9,10)13-14/h1-2,13-14H. The Bertz CT molecular complexity index is 339. The summed E-state index contributed by atoms with van der Waals surface area (Å²) in [6.07, 6.45) is 0. The molecule has 0 bridgehead atoms. The molecule has 7 heteroatoms. The lowest BCUT2D eigenvalue weighted by atomic mass is 10.2. The van der Waals surface area contributed by atoms with Gasteiger partial charge in [0.05, 0.1) is 4.47 Å². The smallest absolute Gasteiger partial charge is 0.215 e. The SMILES string of the molecule is ONC(Cl)(Cl)c1cc(F)c(Br)c(F)c1. The summed E-state index contributed by atoms with van der Waals surface area (Å²) < 4.78 is 23.7. The highest BCUT2D eigenvalue weighted by atomic mass is 79.9. The Hall–Kier alpha value is 0.0600. The van der Waals surface area contributed by atoms with Crippen LogP contribution in [0.25, 0.3) is 0 Å². The summed E-state index contributed by atoms with van der Waals surface area (Å²) in [5.74, 6) is -1.72. The van der Waals surface area contributed by atoms with Gasteiger partial charge < -0.3 is 5.21 Å². The van der Waals surface area contributed by atoms with Gasteiger partial charge in [-0.2, -0.15) is 5.48 Å². The van der Waals surface area contributed by atoms with Gasteiger partial charge in [-0.25, -0.2) is 8.78 Å². The molecule has 0 heterocycles. The van der Waals surface area contributed by atoms with Crippen LogP contribution >= 0.6 is 39.1 Å². The van der Waals surface area contributed by atoms with Gasteiger partial charge in [-0.05, 0) is 28.1 Å². The van der Waals surface area contributed by atoms with Crippen LogP contribution < -0.4 is 5.48 Å². The molecule has 78 valence electrons. The molecular weight excluding hydrogens is 303 g/mol. The van der Waals surface area contributed by atoms with Gasteiger partial charge in [-0.3, -0.25) is 0 Å². The Kier molecular flexibility index (Phi) is 3.71. The fourth-order valence-corrected chi connectivity index (χ4v) is 1.25. The summed E-state index contributed by atoms with van der Waals surface area (Å²) in [6, 6.07) is 1.80. The van der Waals surface area contributed by atoms with E-state index in [1.165, 1.54) is 5.48 Å². The molecule has 0 unspecified atom stereocenters. The third-order valence-corrected chi connectivity index (χ3v) is 2.85. The zero-order valence-corrected chi connectivity index (χ0v) is 9.59. The van der Waals surface area contributed by atoms with Crippen molar-refractivity contribution in [3.05, 3.63) is 33.8 Å². The van der Waals surface area contributed by atoms with Gasteiger partial charge in [-0.15, -0.1) is 0 Å². The zero-order valence-electron chi connectivity index (χ0n) is 6.49. The summed E-state index contributed by atoms with van der Waals surface area (Å²) >= 11 is 13.7. The Labute approximate surface area is 96.9 Å². The monoisotopic (exact) mass is 305 g/mol. The molecule has 0 atom stereocenters. The van der Waals surface area contributed by atoms with Crippen LogP contribution in [0.3, 0.4) is 0 Å². The van der Waals surface area contributed by atoms with E-state index in [1.807, 2.05) is 0 Å². The molecule has 1 rings (SSSR count). The summed E-state index contributed by atoms with van der Waals surface area (Å²) in [4.78, 5) is 0. The average Bonchev–Trinajstić information content (AvgIpc) is 2.13. The van der Waals surface area contributed by atoms with Crippen molar-refractivity contribution in [1.29, 1.82) is 0 Å². The predicted molar refractivity (Wildman–Crippen MR) is 52.4 cm³/mol. The number of alkyl halides is 2. The summed E-state index contributed by atoms with van der Waals surface area (Å²) in [7, 11) is 0. The molecule has 0 aliphatic heterocycles. The first-order valence-corrected chi connectivity index (χ1v) is 4.87. The molecule has 2 nitrogen and oxygen atoms in total. The average molecular weight is 307 g/mol. The van der Waals surface area contributed by atoms with Crippen molar-refractivity contribution in [2.24, 2.45) is 0 Å². The second-order valence-corrected chi connectivity index (χ2v) is 4.56. The Morgan fingerprint density at radius 3 is 2.07 bits per heavy atom. The largest absolute Gasteiger partial charge is 0.314 e. The number of nitrogens with one attached hydrogen (secondary N) is 1. The van der Waals surface area contributed by atoms with Gasteiger partial charge in [-0.1, -0.05) is 23.2 Å². The van der Waals surface area contributed by atoms with Gasteiger partial charge in [0.1, 0.15) is 11.6 Å². The van der Waals surface area contributed by atoms with Crippen LogP contribution in [0, 0.1) is 11.6 Å². The Balaban J connectivity index is 3.26. The highest BCUT2D eigenvalue weighted by Crippen LogP contribution is 2.33. The third kappa shape index (κ3) is 2.35. The predicted octanol–water partition coefficient (Wildman–Crippen LogP) is 3.29. The van der Waals surface area contributed by atoms with E-state index in [0.717, 1.165) is 12.1 Å². The van der Waals surface area contributed by atoms with Crippen molar-refractivity contribution >= 4 is 39.1 Å². The van der Waals surface area contributed by atoms with Crippen molar-refractivity contribution in [3.63, 3.8) is 0 Å². The minimum atomic E-state index is -1.94. The van der Waals surface area contributed by atoms with Crippen LogP contribution in [0.15, 0.2) is 16.6 Å². The van der Waals surface area contributed by atoms with Gasteiger partial charge in [0.15, 0.2) is 0 Å². The van der Waals surface area contributed by atoms with E-state index >= 15 is 0 Å². The van der Waals surface area contributed by atoms with Crippen LogP contribution in [0.5, 0.6) is 0 Å². The fraction of sp³-hybridized carbons (Fsp3) is 0.143. The van der Waals surface area contributed by atoms with Crippen LogP contribution in [0.2, 0.25) is 0 Å². The molecule has 0 saturated heterocycles. The lowest BCUT2D eigenvalue weighted by Crippen LogP contribution is -2.28. The molecule has 1 aromatic carbocycles. The molecular formula is C7H4BrCl2F2NO. The lowest BCUT2D eigenvalue weighted by molar-refractivity contribution is 0.139. The topological polar surface area (TPSA) is 32.3 Å². The maximum Gasteiger partial charge on any atom is 0.215 e. The maximum atomic E-state index is 13.0. The number of halogens is 5. The van der Waals surface area contributed by atoms with Gasteiger partial charge in [0.25, 0.3) is 0 Å². The molecule has 0 spiro atoms. The fourth-order valence-electron chi connectivity index (χ4n) is 0.801.